The zero-order chi connectivity index (χ0) is 11.9. The average Bonchev–Trinajstić information content (AvgIpc) is 2.95. The number of nitrogens with zero attached hydrogens (tertiary/aromatic N) is 2. The molecule has 0 bridgehead atoms. The third-order valence-corrected chi connectivity index (χ3v) is 3.32. The molecule has 1 heterocycles. The van der Waals surface area contributed by atoms with Crippen LogP contribution in [0, 0.1) is 12.8 Å². The Kier molecular flexibility index (Phi) is 2.70. The number of nitrogens with two attached hydrogens (primary N) is 1. The van der Waals surface area contributed by atoms with Crippen LogP contribution in [0.5, 0.6) is 0 Å². The highest BCUT2D eigenvalue weighted by molar-refractivity contribution is 6.28. The molecule has 0 aromatic carbocycles. The molecule has 1 fully saturated rings. The van der Waals surface area contributed by atoms with Gasteiger partial charge in [0.2, 0.25) is 5.28 Å². The molecule has 0 aliphatic heterocycles. The molecule has 2 rings (SSSR count). The summed E-state index contributed by atoms with van der Waals surface area (Å²) >= 11 is 5.83. The molecule has 88 valence electrons. The second-order valence-electron chi connectivity index (χ2n) is 4.96. The molecule has 1 saturated carbocycles. The lowest BCUT2D eigenvalue weighted by Gasteiger charge is -2.27. The number of nitrogens with one attached hydrogen (secondary N) is 1. The maximum absolute atomic E-state index is 5.93. The number of anilines is 2. The van der Waals surface area contributed by atoms with Crippen molar-refractivity contribution in [3.05, 3.63) is 11.0 Å². The van der Waals surface area contributed by atoms with Crippen LogP contribution in [0.4, 0.5) is 11.5 Å². The lowest BCUT2D eigenvalue weighted by Crippen LogP contribution is -2.34. The molecule has 0 saturated heterocycles. The first-order valence-electron chi connectivity index (χ1n) is 5.48. The summed E-state index contributed by atoms with van der Waals surface area (Å²) in [7, 11) is 0. The predicted molar refractivity (Wildman–Crippen MR) is 66.6 cm³/mol. The number of hydrogen-bond donors (Lipinski definition) is 2. The van der Waals surface area contributed by atoms with E-state index in [1.54, 1.807) is 0 Å². The second-order valence-corrected chi connectivity index (χ2v) is 5.30. The smallest absolute Gasteiger partial charge is 0.224 e. The van der Waals surface area contributed by atoms with Crippen molar-refractivity contribution < 1.29 is 0 Å². The van der Waals surface area contributed by atoms with Crippen molar-refractivity contribution in [2.45, 2.75) is 39.2 Å². The molecule has 4 nitrogen and oxygen atoms in total. The van der Waals surface area contributed by atoms with E-state index in [4.69, 9.17) is 17.3 Å². The van der Waals surface area contributed by atoms with E-state index in [2.05, 4.69) is 29.1 Å². The van der Waals surface area contributed by atoms with Crippen molar-refractivity contribution in [1.29, 1.82) is 0 Å². The highest BCUT2D eigenvalue weighted by atomic mass is 35.5. The van der Waals surface area contributed by atoms with Gasteiger partial charge in [0, 0.05) is 5.54 Å². The molecular formula is C11H17ClN4. The summed E-state index contributed by atoms with van der Waals surface area (Å²) in [5.74, 6) is 1.34. The third kappa shape index (κ3) is 2.21. The van der Waals surface area contributed by atoms with Gasteiger partial charge in [0.1, 0.15) is 0 Å². The van der Waals surface area contributed by atoms with E-state index in [9.17, 15) is 0 Å². The molecule has 1 aromatic rings. The molecule has 3 N–H and O–H groups in total. The highest BCUT2D eigenvalue weighted by Gasteiger charge is 2.38. The first-order chi connectivity index (χ1) is 7.40. The Morgan fingerprint density at radius 2 is 2.00 bits per heavy atom. The molecule has 1 aromatic heterocycles. The average molecular weight is 241 g/mol. The molecular weight excluding hydrogens is 224 g/mol. The van der Waals surface area contributed by atoms with Gasteiger partial charge in [-0.3, -0.25) is 0 Å². The number of halogens is 1. The number of rotatable bonds is 3. The molecule has 1 aliphatic carbocycles. The fraction of sp³-hybridized carbons (Fsp3) is 0.636. The van der Waals surface area contributed by atoms with Crippen LogP contribution in [0.2, 0.25) is 5.28 Å². The zero-order valence-corrected chi connectivity index (χ0v) is 10.6. The van der Waals surface area contributed by atoms with Crippen molar-refractivity contribution in [3.8, 4) is 0 Å². The third-order valence-electron chi connectivity index (χ3n) is 3.15. The van der Waals surface area contributed by atoms with Crippen molar-refractivity contribution in [3.63, 3.8) is 0 Å². The van der Waals surface area contributed by atoms with E-state index in [0.29, 0.717) is 23.1 Å². The Morgan fingerprint density at radius 3 is 2.56 bits per heavy atom. The Morgan fingerprint density at radius 1 is 1.38 bits per heavy atom. The monoisotopic (exact) mass is 240 g/mol. The van der Waals surface area contributed by atoms with Crippen molar-refractivity contribution in [2.24, 2.45) is 5.92 Å². The van der Waals surface area contributed by atoms with Gasteiger partial charge in [-0.2, -0.15) is 4.98 Å². The van der Waals surface area contributed by atoms with Gasteiger partial charge < -0.3 is 11.1 Å². The van der Waals surface area contributed by atoms with Gasteiger partial charge in [0.15, 0.2) is 5.82 Å². The summed E-state index contributed by atoms with van der Waals surface area (Å²) in [6.07, 6.45) is 2.52. The van der Waals surface area contributed by atoms with Crippen molar-refractivity contribution in [1.82, 2.24) is 9.97 Å². The van der Waals surface area contributed by atoms with Crippen LogP contribution in [-0.2, 0) is 0 Å². The minimum atomic E-state index is 0.0121. The summed E-state index contributed by atoms with van der Waals surface area (Å²) < 4.78 is 0. The Hall–Kier alpha value is -1.03. The minimum Gasteiger partial charge on any atom is -0.394 e. The fourth-order valence-corrected chi connectivity index (χ4v) is 2.07. The van der Waals surface area contributed by atoms with Gasteiger partial charge in [-0.15, -0.1) is 0 Å². The summed E-state index contributed by atoms with van der Waals surface area (Å²) in [4.78, 5) is 8.16. The van der Waals surface area contributed by atoms with E-state index >= 15 is 0 Å². The van der Waals surface area contributed by atoms with E-state index < -0.39 is 0 Å². The van der Waals surface area contributed by atoms with E-state index in [1.807, 2.05) is 6.92 Å². The zero-order valence-electron chi connectivity index (χ0n) is 9.84. The number of nitrogen functional groups attached to an aromatic ring is 1. The molecule has 16 heavy (non-hydrogen) atoms. The normalized spacial score (nSPS) is 16.2. The van der Waals surface area contributed by atoms with Crippen LogP contribution in [0.25, 0.3) is 0 Å². The number of aromatic nitrogens is 2. The van der Waals surface area contributed by atoms with Gasteiger partial charge in [-0.1, -0.05) is 0 Å². The topological polar surface area (TPSA) is 63.8 Å². The number of hydrogen-bond acceptors (Lipinski definition) is 4. The summed E-state index contributed by atoms with van der Waals surface area (Å²) in [5, 5.41) is 3.61. The second kappa shape index (κ2) is 3.77. The lowest BCUT2D eigenvalue weighted by molar-refractivity contribution is 0.492. The van der Waals surface area contributed by atoms with E-state index in [0.717, 1.165) is 0 Å². The van der Waals surface area contributed by atoms with Crippen LogP contribution in [0.15, 0.2) is 0 Å². The molecule has 0 amide bonds. The van der Waals surface area contributed by atoms with Gasteiger partial charge in [0.25, 0.3) is 0 Å². The Labute approximate surface area is 101 Å². The number of aryl methyl sites for hydroxylation is 1. The quantitative estimate of drug-likeness (QED) is 0.798. The van der Waals surface area contributed by atoms with Gasteiger partial charge >= 0.3 is 0 Å². The molecule has 1 aliphatic rings. The van der Waals surface area contributed by atoms with Gasteiger partial charge in [-0.05, 0) is 51.1 Å². The maximum atomic E-state index is 5.93. The van der Waals surface area contributed by atoms with Crippen molar-refractivity contribution in [2.75, 3.05) is 11.1 Å². The summed E-state index contributed by atoms with van der Waals surface area (Å²) in [6.45, 7) is 6.16. The maximum Gasteiger partial charge on any atom is 0.224 e. The Bertz CT molecular complexity index is 413. The molecule has 5 heteroatoms. The first kappa shape index (κ1) is 11.5. The lowest BCUT2D eigenvalue weighted by atomic mass is 9.99. The molecule has 0 radical (unpaired) electrons. The molecule has 0 atom stereocenters. The van der Waals surface area contributed by atoms with E-state index in [1.165, 1.54) is 12.8 Å². The van der Waals surface area contributed by atoms with Crippen LogP contribution < -0.4 is 11.1 Å². The molecule has 0 spiro atoms. The van der Waals surface area contributed by atoms with Crippen LogP contribution >= 0.6 is 11.6 Å². The van der Waals surface area contributed by atoms with Gasteiger partial charge in [0.05, 0.1) is 11.4 Å². The summed E-state index contributed by atoms with van der Waals surface area (Å²) in [6, 6.07) is 0. The summed E-state index contributed by atoms with van der Waals surface area (Å²) in [5.41, 5.74) is 7.24. The first-order valence-corrected chi connectivity index (χ1v) is 5.86. The fourth-order valence-electron chi connectivity index (χ4n) is 1.85. The van der Waals surface area contributed by atoms with Crippen LogP contribution in [-0.4, -0.2) is 15.5 Å². The highest BCUT2D eigenvalue weighted by Crippen LogP contribution is 2.41. The predicted octanol–water partition coefficient (Wildman–Crippen LogP) is 2.62. The standard InChI is InChI=1S/C11H17ClN4/c1-6-8(13)9(15-10(12)14-6)16-11(2,3)7-4-5-7/h7H,4-5,13H2,1-3H3,(H,14,15,16). The van der Waals surface area contributed by atoms with Crippen LogP contribution in [0.3, 0.4) is 0 Å². The van der Waals surface area contributed by atoms with Crippen LogP contribution in [0.1, 0.15) is 32.4 Å². The van der Waals surface area contributed by atoms with Gasteiger partial charge in [-0.25, -0.2) is 4.98 Å². The Balaban J connectivity index is 2.26. The van der Waals surface area contributed by atoms with E-state index in [-0.39, 0.29) is 10.8 Å². The minimum absolute atomic E-state index is 0.0121. The van der Waals surface area contributed by atoms with Crippen molar-refractivity contribution >= 4 is 23.1 Å². The SMILES string of the molecule is Cc1nc(Cl)nc(NC(C)(C)C2CC2)c1N. The molecule has 0 unspecified atom stereocenters. The largest absolute Gasteiger partial charge is 0.394 e.